The number of carbonyl (C=O) groups excluding carboxylic acids is 2. The average Bonchev–Trinajstić information content (AvgIpc) is 3.58. The summed E-state index contributed by atoms with van der Waals surface area (Å²) in [4.78, 5) is 30.9. The third kappa shape index (κ3) is 6.71. The second kappa shape index (κ2) is 11.8. The van der Waals surface area contributed by atoms with Crippen molar-refractivity contribution in [2.45, 2.75) is 38.8 Å². The lowest BCUT2D eigenvalue weighted by Gasteiger charge is -2.32. The first-order chi connectivity index (χ1) is 19.2. The number of nitrogens with one attached hydrogen (secondary N) is 1. The molecular formula is C29H36FN5O5. The van der Waals surface area contributed by atoms with Crippen LogP contribution in [0.1, 0.15) is 44.4 Å². The Balaban J connectivity index is 1.39. The van der Waals surface area contributed by atoms with E-state index in [2.05, 4.69) is 10.2 Å². The molecule has 3 aliphatic rings. The Bertz CT molecular complexity index is 1260. The summed E-state index contributed by atoms with van der Waals surface area (Å²) < 4.78 is 30.1. The van der Waals surface area contributed by atoms with E-state index >= 15 is 0 Å². The number of benzene rings is 2. The lowest BCUT2D eigenvalue weighted by molar-refractivity contribution is -0.133. The zero-order valence-electron chi connectivity index (χ0n) is 23.2. The zero-order valence-corrected chi connectivity index (χ0v) is 23.2. The molecule has 3 amide bonds. The number of amides is 3. The van der Waals surface area contributed by atoms with Crippen LogP contribution in [0.15, 0.2) is 47.6 Å². The van der Waals surface area contributed by atoms with Gasteiger partial charge >= 0.3 is 6.03 Å². The van der Waals surface area contributed by atoms with E-state index < -0.39 is 11.6 Å². The van der Waals surface area contributed by atoms with E-state index in [1.807, 2.05) is 39.0 Å². The van der Waals surface area contributed by atoms with Gasteiger partial charge in [-0.2, -0.15) is 5.10 Å². The Morgan fingerprint density at radius 1 is 1.07 bits per heavy atom. The van der Waals surface area contributed by atoms with Crippen molar-refractivity contribution in [3.63, 3.8) is 0 Å². The molecule has 0 bridgehead atoms. The minimum absolute atomic E-state index is 0.143. The second-order valence-corrected chi connectivity index (χ2v) is 11.2. The molecular weight excluding hydrogens is 517 g/mol. The third-order valence-corrected chi connectivity index (χ3v) is 7.01. The van der Waals surface area contributed by atoms with E-state index in [1.165, 1.54) is 17.1 Å². The number of halogens is 1. The fraction of sp³-hybridized carbons (Fsp3) is 0.483. The van der Waals surface area contributed by atoms with E-state index in [4.69, 9.17) is 19.3 Å². The maximum atomic E-state index is 13.9. The lowest BCUT2D eigenvalue weighted by Crippen LogP contribution is -2.53. The highest BCUT2D eigenvalue weighted by molar-refractivity contribution is 6.03. The maximum absolute atomic E-state index is 13.9. The number of ether oxygens (including phenoxy) is 3. The fourth-order valence-electron chi connectivity index (χ4n) is 4.91. The number of morpholine rings is 1. The molecule has 1 fully saturated rings. The van der Waals surface area contributed by atoms with E-state index in [0.29, 0.717) is 49.9 Å². The Labute approximate surface area is 233 Å². The maximum Gasteiger partial charge on any atom is 0.318 e. The van der Waals surface area contributed by atoms with Gasteiger partial charge in [-0.15, -0.1) is 0 Å². The first-order valence-corrected chi connectivity index (χ1v) is 13.6. The number of nitrogens with zero attached hydrogens (tertiary/aromatic N) is 4. The fourth-order valence-corrected chi connectivity index (χ4v) is 4.91. The van der Waals surface area contributed by atoms with Gasteiger partial charge in [-0.25, -0.2) is 14.2 Å². The number of hydrogen-bond acceptors (Lipinski definition) is 7. The monoisotopic (exact) mass is 553 g/mol. The molecule has 3 heterocycles. The van der Waals surface area contributed by atoms with Crippen molar-refractivity contribution in [1.82, 2.24) is 20.1 Å². The molecule has 1 N–H and O–H groups in total. The SMILES string of the molecule is CC(C)(C)NC(=O)N(CCN1CCOCC1)CC(=O)N1N=C(c2ccc(F)cc2)C[C@@H]1c1ccc2c(c1)OCO2. The van der Waals surface area contributed by atoms with Crippen LogP contribution >= 0.6 is 0 Å². The predicted octanol–water partition coefficient (Wildman–Crippen LogP) is 3.37. The molecule has 11 heteroatoms. The van der Waals surface area contributed by atoms with Gasteiger partial charge in [0.2, 0.25) is 6.79 Å². The summed E-state index contributed by atoms with van der Waals surface area (Å²) in [7, 11) is 0. The molecule has 2 aromatic rings. The predicted molar refractivity (Wildman–Crippen MR) is 147 cm³/mol. The largest absolute Gasteiger partial charge is 0.454 e. The molecule has 1 saturated heterocycles. The van der Waals surface area contributed by atoms with Crippen molar-refractivity contribution in [1.29, 1.82) is 0 Å². The molecule has 214 valence electrons. The van der Waals surface area contributed by atoms with Crippen LogP contribution in [0.25, 0.3) is 0 Å². The Hall–Kier alpha value is -3.70. The molecule has 10 nitrogen and oxygen atoms in total. The summed E-state index contributed by atoms with van der Waals surface area (Å²) in [6.45, 7) is 9.59. The highest BCUT2D eigenvalue weighted by Crippen LogP contribution is 2.39. The Morgan fingerprint density at radius 3 is 2.52 bits per heavy atom. The van der Waals surface area contributed by atoms with Gasteiger partial charge in [0.1, 0.15) is 12.4 Å². The van der Waals surface area contributed by atoms with Crippen LogP contribution in [0.4, 0.5) is 9.18 Å². The molecule has 0 spiro atoms. The number of hydrogen-bond donors (Lipinski definition) is 1. The number of urea groups is 1. The molecule has 0 aliphatic carbocycles. The summed E-state index contributed by atoms with van der Waals surface area (Å²) in [6, 6.07) is 10.9. The van der Waals surface area contributed by atoms with Crippen molar-refractivity contribution in [2.24, 2.45) is 5.10 Å². The molecule has 0 aromatic heterocycles. The van der Waals surface area contributed by atoms with Crippen LogP contribution in [0, 0.1) is 5.82 Å². The van der Waals surface area contributed by atoms with E-state index in [0.717, 1.165) is 24.2 Å². The van der Waals surface area contributed by atoms with Crippen LogP contribution in [0.3, 0.4) is 0 Å². The summed E-state index contributed by atoms with van der Waals surface area (Å²) in [5.41, 5.74) is 1.76. The van der Waals surface area contributed by atoms with Gasteiger partial charge in [0.25, 0.3) is 5.91 Å². The topological polar surface area (TPSA) is 95.9 Å². The normalized spacial score (nSPS) is 18.9. The van der Waals surface area contributed by atoms with Gasteiger partial charge in [-0.05, 0) is 56.2 Å². The number of hydrazone groups is 1. The zero-order chi connectivity index (χ0) is 28.3. The first kappa shape index (κ1) is 27.9. The van der Waals surface area contributed by atoms with Gasteiger partial charge in [0, 0.05) is 38.1 Å². The van der Waals surface area contributed by atoms with Crippen LogP contribution in [0.5, 0.6) is 11.5 Å². The molecule has 5 rings (SSSR count). The molecule has 0 unspecified atom stereocenters. The van der Waals surface area contributed by atoms with Crippen LogP contribution in [0.2, 0.25) is 0 Å². The lowest BCUT2D eigenvalue weighted by atomic mass is 9.98. The molecule has 3 aliphatic heterocycles. The van der Waals surface area contributed by atoms with Gasteiger partial charge < -0.3 is 24.4 Å². The van der Waals surface area contributed by atoms with Gasteiger partial charge in [0.05, 0.1) is 25.0 Å². The Kier molecular flexibility index (Phi) is 8.22. The molecule has 40 heavy (non-hydrogen) atoms. The van der Waals surface area contributed by atoms with Crippen molar-refractivity contribution >= 4 is 17.6 Å². The minimum Gasteiger partial charge on any atom is -0.454 e. The quantitative estimate of drug-likeness (QED) is 0.565. The minimum atomic E-state index is -0.464. The molecule has 0 radical (unpaired) electrons. The standard InChI is InChI=1S/C29H36FN5O5/c1-29(2,3)31-28(37)34(11-10-33-12-14-38-15-13-33)18-27(36)35-24(21-6-9-25-26(16-21)40-19-39-25)17-23(32-35)20-4-7-22(30)8-5-20/h4-9,16,24H,10-15,17-19H2,1-3H3,(H,31,37)/t24-/m1/s1. The van der Waals surface area contributed by atoms with E-state index in [1.54, 1.807) is 17.0 Å². The third-order valence-electron chi connectivity index (χ3n) is 7.01. The van der Waals surface area contributed by atoms with E-state index in [9.17, 15) is 14.0 Å². The highest BCUT2D eigenvalue weighted by Gasteiger charge is 2.35. The second-order valence-electron chi connectivity index (χ2n) is 11.2. The van der Waals surface area contributed by atoms with Crippen molar-refractivity contribution in [3.05, 3.63) is 59.4 Å². The van der Waals surface area contributed by atoms with E-state index in [-0.39, 0.29) is 31.1 Å². The van der Waals surface area contributed by atoms with Crippen molar-refractivity contribution in [2.75, 3.05) is 52.7 Å². The van der Waals surface area contributed by atoms with Gasteiger partial charge in [-0.3, -0.25) is 9.69 Å². The van der Waals surface area contributed by atoms with Crippen molar-refractivity contribution in [3.8, 4) is 11.5 Å². The number of rotatable bonds is 7. The average molecular weight is 554 g/mol. The van der Waals surface area contributed by atoms with Crippen LogP contribution in [-0.2, 0) is 9.53 Å². The molecule has 0 saturated carbocycles. The summed E-state index contributed by atoms with van der Waals surface area (Å²) in [5, 5.41) is 9.13. The van der Waals surface area contributed by atoms with Gasteiger partial charge in [0.15, 0.2) is 11.5 Å². The van der Waals surface area contributed by atoms with Crippen LogP contribution < -0.4 is 14.8 Å². The summed E-state index contributed by atoms with van der Waals surface area (Å²) in [5.74, 6) is 0.596. The van der Waals surface area contributed by atoms with Crippen LogP contribution in [-0.4, -0.2) is 90.7 Å². The molecule has 1 atom stereocenters. The number of carbonyl (C=O) groups is 2. The summed E-state index contributed by atoms with van der Waals surface area (Å²) in [6.07, 6.45) is 0.430. The smallest absolute Gasteiger partial charge is 0.318 e. The highest BCUT2D eigenvalue weighted by atomic mass is 19.1. The number of fused-ring (bicyclic) bond motifs is 1. The summed E-state index contributed by atoms with van der Waals surface area (Å²) >= 11 is 0. The molecule has 2 aromatic carbocycles. The Morgan fingerprint density at radius 2 is 1.80 bits per heavy atom. The van der Waals surface area contributed by atoms with Crippen molar-refractivity contribution < 1.29 is 28.2 Å². The first-order valence-electron chi connectivity index (χ1n) is 13.6. The van der Waals surface area contributed by atoms with Gasteiger partial charge in [-0.1, -0.05) is 18.2 Å².